The van der Waals surface area contributed by atoms with Crippen LogP contribution >= 0.6 is 15.9 Å². The maximum absolute atomic E-state index is 13.3. The van der Waals surface area contributed by atoms with E-state index in [2.05, 4.69) is 35.1 Å². The number of rotatable bonds is 11. The maximum atomic E-state index is 13.3. The zero-order valence-corrected chi connectivity index (χ0v) is 21.3. The largest absolute Gasteiger partial charge is 0.483 e. The molecule has 6 heteroatoms. The lowest BCUT2D eigenvalue weighted by molar-refractivity contribution is -0.143. The number of benzene rings is 2. The van der Waals surface area contributed by atoms with Gasteiger partial charge >= 0.3 is 0 Å². The minimum Gasteiger partial charge on any atom is -0.483 e. The summed E-state index contributed by atoms with van der Waals surface area (Å²) in [6.45, 7) is 10.4. The third kappa shape index (κ3) is 7.37. The van der Waals surface area contributed by atoms with E-state index in [1.807, 2.05) is 69.3 Å². The van der Waals surface area contributed by atoms with Gasteiger partial charge in [0.15, 0.2) is 6.61 Å². The number of halogens is 1. The summed E-state index contributed by atoms with van der Waals surface area (Å²) in [5.74, 6) is 0.658. The van der Waals surface area contributed by atoms with Gasteiger partial charge in [0.2, 0.25) is 5.91 Å². The van der Waals surface area contributed by atoms with E-state index in [9.17, 15) is 9.59 Å². The van der Waals surface area contributed by atoms with E-state index in [-0.39, 0.29) is 24.5 Å². The highest BCUT2D eigenvalue weighted by atomic mass is 79.9. The number of hydrogen-bond acceptors (Lipinski definition) is 3. The monoisotopic (exact) mass is 502 g/mol. The fourth-order valence-electron chi connectivity index (χ4n) is 3.36. The first-order valence-electron chi connectivity index (χ1n) is 11.3. The third-order valence-electron chi connectivity index (χ3n) is 5.56. The Morgan fingerprint density at radius 3 is 2.28 bits per heavy atom. The molecule has 0 bridgehead atoms. The van der Waals surface area contributed by atoms with Crippen molar-refractivity contribution in [3.8, 4) is 5.75 Å². The Kier molecular flexibility index (Phi) is 10.2. The van der Waals surface area contributed by atoms with Gasteiger partial charge in [-0.3, -0.25) is 9.59 Å². The number of carbonyl (C=O) groups is 2. The quantitative estimate of drug-likeness (QED) is 0.430. The van der Waals surface area contributed by atoms with Crippen LogP contribution in [0.5, 0.6) is 5.75 Å². The Morgan fingerprint density at radius 2 is 1.72 bits per heavy atom. The van der Waals surface area contributed by atoms with Gasteiger partial charge in [0.25, 0.3) is 5.91 Å². The highest BCUT2D eigenvalue weighted by molar-refractivity contribution is 9.10. The topological polar surface area (TPSA) is 58.6 Å². The molecule has 0 aliphatic heterocycles. The van der Waals surface area contributed by atoms with Gasteiger partial charge in [0, 0.05) is 12.6 Å². The minimum atomic E-state index is -0.563. The molecule has 0 radical (unpaired) electrons. The minimum absolute atomic E-state index is 0.0527. The molecule has 174 valence electrons. The van der Waals surface area contributed by atoms with Crippen molar-refractivity contribution < 1.29 is 14.3 Å². The Balaban J connectivity index is 2.20. The van der Waals surface area contributed by atoms with Crippen LogP contribution in [0.2, 0.25) is 0 Å². The zero-order valence-electron chi connectivity index (χ0n) is 19.7. The second-order valence-corrected chi connectivity index (χ2v) is 9.24. The zero-order chi connectivity index (χ0) is 23.7. The molecule has 5 nitrogen and oxygen atoms in total. The molecule has 0 fully saturated rings. The molecule has 0 aliphatic rings. The van der Waals surface area contributed by atoms with Crippen molar-refractivity contribution in [2.45, 2.75) is 72.0 Å². The molecule has 2 aromatic carbocycles. The molecule has 2 amide bonds. The van der Waals surface area contributed by atoms with Crippen molar-refractivity contribution in [3.05, 3.63) is 64.1 Å². The molecule has 0 saturated heterocycles. The standard InChI is InChI=1S/C26H35BrN2O3/c1-6-19(5)28-26(31)23(7-2)29(16-20-11-9-8-10-12-20)25(30)17-32-24-14-13-21(18(3)4)15-22(24)27/h8-15,18-19,23H,6-7,16-17H2,1-5H3,(H,28,31). The molecule has 2 unspecified atom stereocenters. The van der Waals surface area contributed by atoms with E-state index in [0.29, 0.717) is 24.6 Å². The maximum Gasteiger partial charge on any atom is 0.261 e. The highest BCUT2D eigenvalue weighted by Crippen LogP contribution is 2.29. The van der Waals surface area contributed by atoms with E-state index in [0.717, 1.165) is 16.5 Å². The molecule has 2 aromatic rings. The summed E-state index contributed by atoms with van der Waals surface area (Å²) in [5.41, 5.74) is 2.16. The van der Waals surface area contributed by atoms with Gasteiger partial charge in [-0.1, -0.05) is 64.1 Å². The van der Waals surface area contributed by atoms with E-state index in [4.69, 9.17) is 4.74 Å². The molecule has 32 heavy (non-hydrogen) atoms. The molecule has 0 spiro atoms. The van der Waals surface area contributed by atoms with Crippen LogP contribution in [0.1, 0.15) is 64.5 Å². The van der Waals surface area contributed by atoms with Crippen molar-refractivity contribution in [3.63, 3.8) is 0 Å². The molecule has 0 heterocycles. The molecule has 0 saturated carbocycles. The van der Waals surface area contributed by atoms with Crippen molar-refractivity contribution in [2.24, 2.45) is 0 Å². The van der Waals surface area contributed by atoms with Gasteiger partial charge in [-0.25, -0.2) is 0 Å². The lowest BCUT2D eigenvalue weighted by Crippen LogP contribution is -2.51. The number of amides is 2. The van der Waals surface area contributed by atoms with Crippen LogP contribution in [0.15, 0.2) is 53.0 Å². The summed E-state index contributed by atoms with van der Waals surface area (Å²) in [7, 11) is 0. The van der Waals surface area contributed by atoms with Gasteiger partial charge in [-0.2, -0.15) is 0 Å². The number of nitrogens with zero attached hydrogens (tertiary/aromatic N) is 1. The van der Waals surface area contributed by atoms with E-state index >= 15 is 0 Å². The Morgan fingerprint density at radius 1 is 1.03 bits per heavy atom. The molecular formula is C26H35BrN2O3. The van der Waals surface area contributed by atoms with Gasteiger partial charge in [0.1, 0.15) is 11.8 Å². The molecule has 2 rings (SSSR count). The summed E-state index contributed by atoms with van der Waals surface area (Å²) in [5, 5.41) is 3.02. The number of carbonyl (C=O) groups excluding carboxylic acids is 2. The summed E-state index contributed by atoms with van der Waals surface area (Å²) in [6.07, 6.45) is 1.35. The van der Waals surface area contributed by atoms with Gasteiger partial charge in [-0.15, -0.1) is 0 Å². The van der Waals surface area contributed by atoms with Crippen LogP contribution in [-0.4, -0.2) is 35.4 Å². The van der Waals surface area contributed by atoms with Crippen LogP contribution in [0.3, 0.4) is 0 Å². The average Bonchev–Trinajstić information content (AvgIpc) is 2.78. The smallest absolute Gasteiger partial charge is 0.261 e. The van der Waals surface area contributed by atoms with Crippen LogP contribution in [-0.2, 0) is 16.1 Å². The van der Waals surface area contributed by atoms with E-state index in [1.165, 1.54) is 5.56 Å². The molecular weight excluding hydrogens is 468 g/mol. The van der Waals surface area contributed by atoms with Crippen LogP contribution in [0.4, 0.5) is 0 Å². The Labute approximate surface area is 200 Å². The van der Waals surface area contributed by atoms with Crippen molar-refractivity contribution in [1.82, 2.24) is 10.2 Å². The summed E-state index contributed by atoms with van der Waals surface area (Å²) < 4.78 is 6.67. The van der Waals surface area contributed by atoms with Crippen LogP contribution in [0.25, 0.3) is 0 Å². The first-order chi connectivity index (χ1) is 15.3. The number of ether oxygens (including phenoxy) is 1. The van der Waals surface area contributed by atoms with Crippen LogP contribution in [0, 0.1) is 0 Å². The first-order valence-corrected chi connectivity index (χ1v) is 12.1. The average molecular weight is 503 g/mol. The highest BCUT2D eigenvalue weighted by Gasteiger charge is 2.29. The Hall–Kier alpha value is -2.34. The van der Waals surface area contributed by atoms with Crippen molar-refractivity contribution in [2.75, 3.05) is 6.61 Å². The van der Waals surface area contributed by atoms with Crippen LogP contribution < -0.4 is 10.1 Å². The molecule has 2 atom stereocenters. The van der Waals surface area contributed by atoms with Gasteiger partial charge in [-0.05, 0) is 64.9 Å². The van der Waals surface area contributed by atoms with E-state index < -0.39 is 6.04 Å². The molecule has 1 N–H and O–H groups in total. The summed E-state index contributed by atoms with van der Waals surface area (Å²) in [4.78, 5) is 27.9. The van der Waals surface area contributed by atoms with E-state index in [1.54, 1.807) is 4.90 Å². The normalized spacial score (nSPS) is 12.8. The number of hydrogen-bond donors (Lipinski definition) is 1. The van der Waals surface area contributed by atoms with Gasteiger partial charge in [0.05, 0.1) is 4.47 Å². The summed E-state index contributed by atoms with van der Waals surface area (Å²) >= 11 is 3.54. The second kappa shape index (κ2) is 12.6. The number of nitrogens with one attached hydrogen (secondary N) is 1. The first kappa shape index (κ1) is 25.9. The lowest BCUT2D eigenvalue weighted by Gasteiger charge is -2.31. The van der Waals surface area contributed by atoms with Gasteiger partial charge < -0.3 is 15.0 Å². The second-order valence-electron chi connectivity index (χ2n) is 8.38. The van der Waals surface area contributed by atoms with Crippen molar-refractivity contribution in [1.29, 1.82) is 0 Å². The lowest BCUT2D eigenvalue weighted by atomic mass is 10.0. The van der Waals surface area contributed by atoms with Crippen molar-refractivity contribution >= 4 is 27.7 Å². The third-order valence-corrected chi connectivity index (χ3v) is 6.18. The summed E-state index contributed by atoms with van der Waals surface area (Å²) in [6, 6.07) is 15.1. The predicted molar refractivity (Wildman–Crippen MR) is 133 cm³/mol. The molecule has 0 aromatic heterocycles. The Bertz CT molecular complexity index is 886. The molecule has 0 aliphatic carbocycles. The predicted octanol–water partition coefficient (Wildman–Crippen LogP) is 5.67. The fraction of sp³-hybridized carbons (Fsp3) is 0.462. The SMILES string of the molecule is CCC(C)NC(=O)C(CC)N(Cc1ccccc1)C(=O)COc1ccc(C(C)C)cc1Br. The fourth-order valence-corrected chi connectivity index (χ4v) is 3.87.